The number of aryl methyl sites for hydroxylation is 1. The van der Waals surface area contributed by atoms with Crippen LogP contribution in [0.3, 0.4) is 0 Å². The van der Waals surface area contributed by atoms with Crippen molar-refractivity contribution in [1.29, 1.82) is 5.26 Å². The predicted octanol–water partition coefficient (Wildman–Crippen LogP) is 7.80. The van der Waals surface area contributed by atoms with Crippen LogP contribution in [0.1, 0.15) is 101 Å². The van der Waals surface area contributed by atoms with Crippen LogP contribution >= 0.6 is 11.6 Å². The Bertz CT molecular complexity index is 2350. The quantitative estimate of drug-likeness (QED) is 0.0833. The van der Waals surface area contributed by atoms with Crippen molar-refractivity contribution in [2.24, 2.45) is 16.2 Å². The van der Waals surface area contributed by atoms with Crippen molar-refractivity contribution in [2.45, 2.75) is 112 Å². The summed E-state index contributed by atoms with van der Waals surface area (Å²) in [5.41, 5.74) is 2.10. The fourth-order valence-corrected chi connectivity index (χ4v) is 9.37. The van der Waals surface area contributed by atoms with Crippen LogP contribution in [0.15, 0.2) is 77.5 Å². The van der Waals surface area contributed by atoms with E-state index < -0.39 is 34.2 Å². The van der Waals surface area contributed by atoms with Crippen molar-refractivity contribution in [3.05, 3.63) is 101 Å². The van der Waals surface area contributed by atoms with Crippen LogP contribution in [0.4, 0.5) is 0 Å². The molecule has 0 radical (unpaired) electrons. The van der Waals surface area contributed by atoms with Crippen LogP contribution in [-0.2, 0) is 25.7 Å². The molecule has 1 aromatic heterocycles. The summed E-state index contributed by atoms with van der Waals surface area (Å²) in [7, 11) is 0. The Labute approximate surface area is 386 Å². The molecule has 1 saturated heterocycles. The second kappa shape index (κ2) is 20.5. The highest BCUT2D eigenvalue weighted by Gasteiger charge is 2.64. The molecule has 2 atom stereocenters. The first kappa shape index (κ1) is 48.5. The zero-order chi connectivity index (χ0) is 47.1. The summed E-state index contributed by atoms with van der Waals surface area (Å²) in [5.74, 6) is 0.774. The molecule has 346 valence electrons. The van der Waals surface area contributed by atoms with Gasteiger partial charge in [0.25, 0.3) is 5.91 Å². The molecule has 1 aliphatic heterocycles. The molecule has 1 saturated carbocycles. The van der Waals surface area contributed by atoms with Gasteiger partial charge in [0.05, 0.1) is 22.9 Å². The van der Waals surface area contributed by atoms with Gasteiger partial charge in [-0.05, 0) is 80.0 Å². The SMILES string of the molecule is Cc1ncoc1-c1ccc(CNC(=O)[C@@H]2CCCN2C(=O)[C@@H](NC(=O)COCCCCOc2ccc(C(=O)NC3C(C)(C)C(Oc4ccc(C#N)c(Cl)c4)C3(C)C)cc2)C(C)(C)C)cc1. The number of halogens is 1. The van der Waals surface area contributed by atoms with Gasteiger partial charge in [-0.1, -0.05) is 84.3 Å². The van der Waals surface area contributed by atoms with Crippen molar-refractivity contribution in [3.63, 3.8) is 0 Å². The minimum absolute atomic E-state index is 0.172. The van der Waals surface area contributed by atoms with Gasteiger partial charge in [0.15, 0.2) is 12.2 Å². The fourth-order valence-electron chi connectivity index (χ4n) is 9.15. The minimum Gasteiger partial charge on any atom is -0.494 e. The van der Waals surface area contributed by atoms with Gasteiger partial charge in [-0.3, -0.25) is 19.2 Å². The van der Waals surface area contributed by atoms with E-state index in [9.17, 15) is 24.4 Å². The summed E-state index contributed by atoms with van der Waals surface area (Å²) in [6.07, 6.45) is 3.73. The number of carbonyl (C=O) groups is 4. The Balaban J connectivity index is 0.885. The Morgan fingerprint density at radius 2 is 1.65 bits per heavy atom. The lowest BCUT2D eigenvalue weighted by Gasteiger charge is -2.63. The topological polar surface area (TPSA) is 185 Å². The molecule has 0 spiro atoms. The Morgan fingerprint density at radius 3 is 2.28 bits per heavy atom. The normalized spacial score (nSPS) is 19.0. The maximum atomic E-state index is 13.9. The van der Waals surface area contributed by atoms with Gasteiger partial charge in [0, 0.05) is 53.8 Å². The van der Waals surface area contributed by atoms with Gasteiger partial charge < -0.3 is 39.5 Å². The van der Waals surface area contributed by atoms with E-state index in [4.69, 9.17) is 30.2 Å². The van der Waals surface area contributed by atoms with E-state index in [1.54, 1.807) is 47.4 Å². The molecule has 14 nitrogen and oxygen atoms in total. The number of rotatable bonds is 18. The summed E-state index contributed by atoms with van der Waals surface area (Å²) >= 11 is 6.23. The summed E-state index contributed by atoms with van der Waals surface area (Å²) in [6.45, 7) is 17.0. The molecule has 4 aromatic rings. The second-order valence-corrected chi connectivity index (χ2v) is 19.6. The zero-order valence-electron chi connectivity index (χ0n) is 38.6. The lowest BCUT2D eigenvalue weighted by Crippen LogP contribution is -2.74. The number of nitrogens with one attached hydrogen (secondary N) is 3. The van der Waals surface area contributed by atoms with Gasteiger partial charge in [0.1, 0.15) is 42.4 Å². The maximum Gasteiger partial charge on any atom is 0.251 e. The predicted molar refractivity (Wildman–Crippen MR) is 246 cm³/mol. The van der Waals surface area contributed by atoms with Crippen LogP contribution in [0.25, 0.3) is 11.3 Å². The van der Waals surface area contributed by atoms with Crippen molar-refractivity contribution < 1.29 is 37.8 Å². The molecule has 3 N–H and O–H groups in total. The second-order valence-electron chi connectivity index (χ2n) is 19.2. The summed E-state index contributed by atoms with van der Waals surface area (Å²) in [4.78, 5) is 59.4. The lowest BCUT2D eigenvalue weighted by atomic mass is 9.49. The van der Waals surface area contributed by atoms with Crippen LogP contribution in [0.2, 0.25) is 5.02 Å². The van der Waals surface area contributed by atoms with E-state index in [1.165, 1.54) is 6.39 Å². The minimum atomic E-state index is -0.852. The van der Waals surface area contributed by atoms with Crippen LogP contribution in [0, 0.1) is 34.5 Å². The van der Waals surface area contributed by atoms with E-state index in [0.717, 1.165) is 16.8 Å². The van der Waals surface area contributed by atoms with E-state index in [-0.39, 0.29) is 36.5 Å². The monoisotopic (exact) mass is 908 g/mol. The highest BCUT2D eigenvalue weighted by molar-refractivity contribution is 6.31. The molecule has 1 aliphatic carbocycles. The van der Waals surface area contributed by atoms with Crippen LogP contribution in [0.5, 0.6) is 11.5 Å². The number of amides is 4. The summed E-state index contributed by atoms with van der Waals surface area (Å²) in [5, 5.41) is 18.6. The summed E-state index contributed by atoms with van der Waals surface area (Å²) < 4.78 is 23.4. The van der Waals surface area contributed by atoms with Crippen molar-refractivity contribution in [2.75, 3.05) is 26.4 Å². The molecule has 2 heterocycles. The van der Waals surface area contributed by atoms with Gasteiger partial charge >= 0.3 is 0 Å². The van der Waals surface area contributed by atoms with Gasteiger partial charge in [-0.15, -0.1) is 0 Å². The summed E-state index contributed by atoms with van der Waals surface area (Å²) in [6, 6.07) is 20.1. The standard InChI is InChI=1S/C50H61ClN6O8/c1-31-41(64-30-54-31)33-15-13-32(14-16-33)28-53-44(60)39-12-11-23-57(39)45(61)42(48(2,3)4)55-40(58)29-62-24-9-10-25-63-36-20-17-34(18-21-36)43(59)56-46-49(5,6)47(50(46,7)8)65-37-22-19-35(27-52)38(51)26-37/h13-22,26,30,39,42,46-47H,9-12,23-25,28-29H2,1-8H3,(H,53,60)(H,55,58)(H,56,59)/t39-,42+,46?,47?/m0/s1. The molecular formula is C50H61ClN6O8. The number of hydrogen-bond donors (Lipinski definition) is 3. The number of nitrogens with zero attached hydrogens (tertiary/aromatic N) is 3. The number of nitriles is 1. The lowest BCUT2D eigenvalue weighted by molar-refractivity contribution is -0.164. The number of carbonyl (C=O) groups excluding carboxylic acids is 4. The molecule has 4 amide bonds. The Hall–Kier alpha value is -5.91. The average molecular weight is 910 g/mol. The number of hydrogen-bond acceptors (Lipinski definition) is 10. The molecule has 0 bridgehead atoms. The number of benzene rings is 3. The molecule has 2 aliphatic rings. The van der Waals surface area contributed by atoms with Crippen LogP contribution in [-0.4, -0.2) is 84.1 Å². The third-order valence-electron chi connectivity index (χ3n) is 12.4. The smallest absolute Gasteiger partial charge is 0.251 e. The first-order chi connectivity index (χ1) is 30.8. The van der Waals surface area contributed by atoms with Crippen molar-refractivity contribution in [3.8, 4) is 28.9 Å². The molecular weight excluding hydrogens is 848 g/mol. The van der Waals surface area contributed by atoms with Gasteiger partial charge in [-0.25, -0.2) is 4.98 Å². The highest BCUT2D eigenvalue weighted by Crippen LogP contribution is 2.55. The van der Waals surface area contributed by atoms with Gasteiger partial charge in [-0.2, -0.15) is 5.26 Å². The number of aromatic nitrogens is 1. The van der Waals surface area contributed by atoms with Crippen molar-refractivity contribution >= 4 is 35.2 Å². The first-order valence-corrected chi connectivity index (χ1v) is 22.5. The maximum absolute atomic E-state index is 13.9. The largest absolute Gasteiger partial charge is 0.494 e. The number of unbranched alkanes of at least 4 members (excludes halogenated alkanes) is 1. The fraction of sp³-hybridized carbons (Fsp3) is 0.480. The van der Waals surface area contributed by atoms with E-state index in [2.05, 4.69) is 54.7 Å². The molecule has 6 rings (SSSR count). The Morgan fingerprint density at radius 1 is 0.969 bits per heavy atom. The Kier molecular flexibility index (Phi) is 15.3. The van der Waals surface area contributed by atoms with Crippen LogP contribution < -0.4 is 25.4 Å². The van der Waals surface area contributed by atoms with E-state index >= 15 is 0 Å². The molecule has 0 unspecified atom stereocenters. The van der Waals surface area contributed by atoms with E-state index in [1.807, 2.05) is 52.0 Å². The molecule has 15 heteroatoms. The van der Waals surface area contributed by atoms with Crippen molar-refractivity contribution in [1.82, 2.24) is 25.8 Å². The molecule has 2 fully saturated rings. The van der Waals surface area contributed by atoms with Gasteiger partial charge in [0.2, 0.25) is 17.7 Å². The number of ether oxygens (including phenoxy) is 3. The van der Waals surface area contributed by atoms with E-state index in [0.29, 0.717) is 85.4 Å². The average Bonchev–Trinajstić information content (AvgIpc) is 3.94. The number of oxazole rings is 1. The highest BCUT2D eigenvalue weighted by atomic mass is 35.5. The molecule has 3 aromatic carbocycles. The molecule has 65 heavy (non-hydrogen) atoms. The number of likely N-dealkylation sites (tertiary alicyclic amines) is 1. The zero-order valence-corrected chi connectivity index (χ0v) is 39.3. The first-order valence-electron chi connectivity index (χ1n) is 22.2. The third kappa shape index (κ3) is 11.5. The third-order valence-corrected chi connectivity index (χ3v) is 12.7.